The van der Waals surface area contributed by atoms with Gasteiger partial charge in [-0.05, 0) is 0 Å². The van der Waals surface area contributed by atoms with Crippen LogP contribution in [0.5, 0.6) is 0 Å². The maximum Gasteiger partial charge on any atom is 0.333 e. The minimum atomic E-state index is -2.71. The van der Waals surface area contributed by atoms with E-state index in [4.69, 9.17) is 11.6 Å². The van der Waals surface area contributed by atoms with Gasteiger partial charge in [0.2, 0.25) is 5.91 Å². The Morgan fingerprint density at radius 1 is 1.77 bits per heavy atom. The average molecular weight is 210 g/mol. The topological polar surface area (TPSA) is 46.9 Å². The molecule has 0 aliphatic heterocycles. The number of alkyl halides is 3. The van der Waals surface area contributed by atoms with Crippen molar-refractivity contribution in [3.05, 3.63) is 12.4 Å². The predicted octanol–water partition coefficient (Wildman–Crippen LogP) is 1.46. The molecule has 0 aliphatic carbocycles. The molecule has 1 rings (SSSR count). The third-order valence-electron chi connectivity index (χ3n) is 1.21. The molecule has 0 saturated heterocycles. The van der Waals surface area contributed by atoms with Crippen LogP contribution in [-0.2, 0) is 4.79 Å². The Bertz CT molecular complexity index is 302. The summed E-state index contributed by atoms with van der Waals surface area (Å²) in [6.45, 7) is -2.71. The first kappa shape index (κ1) is 9.91. The van der Waals surface area contributed by atoms with Gasteiger partial charge in [-0.3, -0.25) is 4.79 Å². The molecule has 1 amide bonds. The maximum absolute atomic E-state index is 12.0. The zero-order valence-corrected chi connectivity index (χ0v) is 7.13. The van der Waals surface area contributed by atoms with Crippen molar-refractivity contribution in [1.29, 1.82) is 0 Å². The number of rotatable bonds is 3. The lowest BCUT2D eigenvalue weighted by Gasteiger charge is -1.97. The third-order valence-corrected chi connectivity index (χ3v) is 1.45. The first-order valence-corrected chi connectivity index (χ1v) is 3.85. The summed E-state index contributed by atoms with van der Waals surface area (Å²) in [6, 6.07) is 0. The maximum atomic E-state index is 12.0. The number of anilines is 1. The van der Waals surface area contributed by atoms with Gasteiger partial charge in [0, 0.05) is 0 Å². The van der Waals surface area contributed by atoms with Gasteiger partial charge in [-0.25, -0.2) is 4.68 Å². The molecule has 0 bridgehead atoms. The fourth-order valence-electron chi connectivity index (χ4n) is 0.704. The van der Waals surface area contributed by atoms with E-state index in [0.717, 1.165) is 12.4 Å². The highest BCUT2D eigenvalue weighted by molar-refractivity contribution is 6.29. The Morgan fingerprint density at radius 2 is 2.46 bits per heavy atom. The molecule has 0 saturated carbocycles. The molecule has 0 aromatic carbocycles. The van der Waals surface area contributed by atoms with Crippen molar-refractivity contribution in [2.24, 2.45) is 0 Å². The average Bonchev–Trinajstić information content (AvgIpc) is 2.52. The summed E-state index contributed by atoms with van der Waals surface area (Å²) >= 11 is 5.18. The van der Waals surface area contributed by atoms with Gasteiger partial charge >= 0.3 is 6.55 Å². The number of halogens is 3. The Labute approximate surface area is 77.5 Å². The number of amides is 1. The van der Waals surface area contributed by atoms with Gasteiger partial charge in [0.15, 0.2) is 0 Å². The molecule has 72 valence electrons. The number of nitrogens with one attached hydrogen (secondary N) is 1. The fourth-order valence-corrected chi connectivity index (χ4v) is 0.771. The van der Waals surface area contributed by atoms with Crippen LogP contribution in [0.2, 0.25) is 0 Å². The smallest absolute Gasteiger partial charge is 0.322 e. The molecule has 1 N–H and O–H groups in total. The summed E-state index contributed by atoms with van der Waals surface area (Å²) in [6.07, 6.45) is 2.14. The second kappa shape index (κ2) is 4.18. The van der Waals surface area contributed by atoms with E-state index in [2.05, 4.69) is 10.4 Å². The van der Waals surface area contributed by atoms with Crippen molar-refractivity contribution < 1.29 is 13.6 Å². The molecule has 7 heteroatoms. The van der Waals surface area contributed by atoms with Crippen molar-refractivity contribution in [2.75, 3.05) is 11.2 Å². The molecule has 0 radical (unpaired) electrons. The Balaban J connectivity index is 2.64. The van der Waals surface area contributed by atoms with E-state index >= 15 is 0 Å². The summed E-state index contributed by atoms with van der Waals surface area (Å²) in [5.74, 6) is -0.685. The summed E-state index contributed by atoms with van der Waals surface area (Å²) in [5.41, 5.74) is 0.200. The minimum absolute atomic E-state index is 0.200. The lowest BCUT2D eigenvalue weighted by atomic mass is 10.5. The van der Waals surface area contributed by atoms with Crippen LogP contribution in [0.1, 0.15) is 6.55 Å². The van der Waals surface area contributed by atoms with Crippen molar-refractivity contribution in [3.8, 4) is 0 Å². The van der Waals surface area contributed by atoms with Crippen LogP contribution in [0, 0.1) is 0 Å². The van der Waals surface area contributed by atoms with E-state index in [-0.39, 0.29) is 11.6 Å². The first-order valence-electron chi connectivity index (χ1n) is 3.31. The van der Waals surface area contributed by atoms with Crippen LogP contribution in [-0.4, -0.2) is 21.6 Å². The quantitative estimate of drug-likeness (QED) is 0.766. The van der Waals surface area contributed by atoms with Gasteiger partial charge in [0.1, 0.15) is 5.88 Å². The highest BCUT2D eigenvalue weighted by Crippen LogP contribution is 2.12. The molecule has 0 unspecified atom stereocenters. The van der Waals surface area contributed by atoms with Crippen LogP contribution in [0.15, 0.2) is 12.4 Å². The van der Waals surface area contributed by atoms with E-state index in [1.165, 1.54) is 0 Å². The van der Waals surface area contributed by atoms with E-state index in [1.54, 1.807) is 0 Å². The van der Waals surface area contributed by atoms with Crippen molar-refractivity contribution in [1.82, 2.24) is 9.78 Å². The molecule has 1 aromatic rings. The SMILES string of the molecule is O=C(CCl)Nc1cnn(C(F)F)c1. The molecular weight excluding hydrogens is 204 g/mol. The number of carbonyl (C=O) groups excluding carboxylic acids is 1. The standard InChI is InChI=1S/C6H6ClF2N3O/c7-1-5(13)11-4-2-10-12(3-4)6(8)9/h2-3,6H,1H2,(H,11,13). The molecule has 4 nitrogen and oxygen atoms in total. The zero-order valence-electron chi connectivity index (χ0n) is 6.38. The van der Waals surface area contributed by atoms with Gasteiger partial charge in [0.05, 0.1) is 18.1 Å². The second-order valence-electron chi connectivity index (χ2n) is 2.17. The van der Waals surface area contributed by atoms with Crippen LogP contribution in [0.3, 0.4) is 0 Å². The van der Waals surface area contributed by atoms with Gasteiger partial charge < -0.3 is 5.32 Å². The van der Waals surface area contributed by atoms with Crippen molar-refractivity contribution in [2.45, 2.75) is 6.55 Å². The number of hydrogen-bond donors (Lipinski definition) is 1. The number of carbonyl (C=O) groups is 1. The molecule has 13 heavy (non-hydrogen) atoms. The Kier molecular flexibility index (Phi) is 3.18. The molecule has 0 fully saturated rings. The summed E-state index contributed by atoms with van der Waals surface area (Å²) in [5, 5.41) is 5.59. The van der Waals surface area contributed by atoms with Gasteiger partial charge in [-0.1, -0.05) is 0 Å². The largest absolute Gasteiger partial charge is 0.333 e. The highest BCUT2D eigenvalue weighted by Gasteiger charge is 2.08. The van der Waals surface area contributed by atoms with Gasteiger partial charge in [-0.15, -0.1) is 11.6 Å². The van der Waals surface area contributed by atoms with Crippen LogP contribution in [0.4, 0.5) is 14.5 Å². The number of nitrogens with zero attached hydrogens (tertiary/aromatic N) is 2. The summed E-state index contributed by atoms with van der Waals surface area (Å²) in [7, 11) is 0. The first-order chi connectivity index (χ1) is 6.13. The summed E-state index contributed by atoms with van der Waals surface area (Å²) in [4.78, 5) is 10.7. The molecule has 1 aromatic heterocycles. The molecule has 0 atom stereocenters. The second-order valence-corrected chi connectivity index (χ2v) is 2.44. The molecule has 1 heterocycles. The van der Waals surface area contributed by atoms with Crippen molar-refractivity contribution >= 4 is 23.2 Å². The van der Waals surface area contributed by atoms with Gasteiger partial charge in [0.25, 0.3) is 0 Å². The lowest BCUT2D eigenvalue weighted by Crippen LogP contribution is -2.11. The van der Waals surface area contributed by atoms with E-state index in [0.29, 0.717) is 4.68 Å². The molecule has 0 aliphatic rings. The molecular formula is C6H6ClF2N3O. The predicted molar refractivity (Wildman–Crippen MR) is 42.8 cm³/mol. The normalized spacial score (nSPS) is 10.5. The number of aromatic nitrogens is 2. The molecule has 0 spiro atoms. The zero-order chi connectivity index (χ0) is 9.84. The minimum Gasteiger partial charge on any atom is -0.322 e. The fraction of sp³-hybridized carbons (Fsp3) is 0.333. The Hall–Kier alpha value is -1.17. The monoisotopic (exact) mass is 209 g/mol. The van der Waals surface area contributed by atoms with Crippen molar-refractivity contribution in [3.63, 3.8) is 0 Å². The van der Waals surface area contributed by atoms with E-state index in [9.17, 15) is 13.6 Å². The van der Waals surface area contributed by atoms with E-state index < -0.39 is 12.5 Å². The Morgan fingerprint density at radius 3 is 2.92 bits per heavy atom. The van der Waals surface area contributed by atoms with E-state index in [1.807, 2.05) is 0 Å². The highest BCUT2D eigenvalue weighted by atomic mass is 35.5. The van der Waals surface area contributed by atoms with Crippen LogP contribution >= 0.6 is 11.6 Å². The van der Waals surface area contributed by atoms with Crippen LogP contribution < -0.4 is 5.32 Å². The third kappa shape index (κ3) is 2.66. The summed E-state index contributed by atoms with van der Waals surface area (Å²) < 4.78 is 24.4. The van der Waals surface area contributed by atoms with Gasteiger partial charge in [-0.2, -0.15) is 13.9 Å². The number of hydrogen-bond acceptors (Lipinski definition) is 2. The van der Waals surface area contributed by atoms with Crippen LogP contribution in [0.25, 0.3) is 0 Å². The lowest BCUT2D eigenvalue weighted by molar-refractivity contribution is -0.113.